The zero-order valence-corrected chi connectivity index (χ0v) is 19.5. The smallest absolute Gasteiger partial charge is 0.371 e. The van der Waals surface area contributed by atoms with Gasteiger partial charge in [-0.3, -0.25) is 9.59 Å². The molecular formula is C25H23FO5S2. The molecule has 0 heterocycles. The minimum Gasteiger partial charge on any atom is -0.494 e. The molecule has 0 N–H and O–H groups in total. The fourth-order valence-electron chi connectivity index (χ4n) is 2.35. The number of hydrogen-bond acceptors (Lipinski definition) is 7. The van der Waals surface area contributed by atoms with Gasteiger partial charge in [0.25, 0.3) is 0 Å². The van der Waals surface area contributed by atoms with Crippen LogP contribution in [0.5, 0.6) is 11.5 Å². The van der Waals surface area contributed by atoms with Crippen LogP contribution in [0, 0.1) is 0 Å². The van der Waals surface area contributed by atoms with Crippen molar-refractivity contribution in [3.63, 3.8) is 0 Å². The summed E-state index contributed by atoms with van der Waals surface area (Å²) in [4.78, 5) is 35.2. The van der Waals surface area contributed by atoms with Gasteiger partial charge in [-0.2, -0.15) is 4.39 Å². The van der Waals surface area contributed by atoms with E-state index < -0.39 is 11.8 Å². The van der Waals surface area contributed by atoms with Crippen LogP contribution in [-0.2, 0) is 14.4 Å². The topological polar surface area (TPSA) is 69.7 Å². The lowest BCUT2D eigenvalue weighted by atomic mass is 10.2. The van der Waals surface area contributed by atoms with E-state index in [4.69, 9.17) is 9.47 Å². The number of carbonyl (C=O) groups excluding carboxylic acids is 3. The molecule has 0 atom stereocenters. The Balaban J connectivity index is 1.73. The summed E-state index contributed by atoms with van der Waals surface area (Å²) in [6.45, 7) is 6.86. The molecule has 33 heavy (non-hydrogen) atoms. The fraction of sp³-hybridized carbons (Fsp3) is 0.160. The van der Waals surface area contributed by atoms with Crippen molar-refractivity contribution in [3.8, 4) is 11.5 Å². The average Bonchev–Trinajstić information content (AvgIpc) is 2.81. The maximum Gasteiger partial charge on any atom is 0.371 e. The van der Waals surface area contributed by atoms with E-state index in [2.05, 4.69) is 13.2 Å². The van der Waals surface area contributed by atoms with Gasteiger partial charge in [0.15, 0.2) is 0 Å². The highest BCUT2D eigenvalue weighted by Crippen LogP contribution is 2.23. The third-order valence-corrected chi connectivity index (χ3v) is 5.77. The van der Waals surface area contributed by atoms with Crippen molar-refractivity contribution < 1.29 is 28.2 Å². The monoisotopic (exact) mass is 486 g/mol. The van der Waals surface area contributed by atoms with Crippen molar-refractivity contribution in [2.24, 2.45) is 0 Å². The number of esters is 1. The zero-order chi connectivity index (χ0) is 24.1. The number of halogens is 1. The molecule has 0 spiro atoms. The lowest BCUT2D eigenvalue weighted by Crippen LogP contribution is -2.07. The Kier molecular flexibility index (Phi) is 11.2. The Bertz CT molecular complexity index is 1010. The number of hydrogen-bond donors (Lipinski definition) is 0. The van der Waals surface area contributed by atoms with E-state index in [1.165, 1.54) is 36.0 Å². The van der Waals surface area contributed by atoms with Crippen LogP contribution in [0.15, 0.2) is 84.6 Å². The molecule has 8 heteroatoms. The van der Waals surface area contributed by atoms with Crippen LogP contribution in [-0.4, -0.2) is 28.6 Å². The van der Waals surface area contributed by atoms with Gasteiger partial charge >= 0.3 is 5.97 Å². The first-order valence-corrected chi connectivity index (χ1v) is 11.8. The highest BCUT2D eigenvalue weighted by atomic mass is 32.2. The number of unbranched alkanes of at least 4 members (excludes halogenated alkanes) is 1. The van der Waals surface area contributed by atoms with Crippen molar-refractivity contribution in [3.05, 3.63) is 85.2 Å². The summed E-state index contributed by atoms with van der Waals surface area (Å²) in [6.07, 6.45) is 6.10. The molecule has 0 saturated carbocycles. The molecule has 0 aliphatic carbocycles. The molecule has 2 aromatic carbocycles. The Morgan fingerprint density at radius 2 is 1.61 bits per heavy atom. The molecule has 0 amide bonds. The lowest BCUT2D eigenvalue weighted by Gasteiger charge is -2.06. The largest absolute Gasteiger partial charge is 0.494 e. The molecule has 0 aliphatic heterocycles. The van der Waals surface area contributed by atoms with Gasteiger partial charge in [-0.1, -0.05) is 43.1 Å². The fourth-order valence-corrected chi connectivity index (χ4v) is 3.66. The first kappa shape index (κ1) is 26.2. The first-order valence-electron chi connectivity index (χ1n) is 9.96. The van der Waals surface area contributed by atoms with E-state index >= 15 is 0 Å². The van der Waals surface area contributed by atoms with Crippen LogP contribution >= 0.6 is 23.5 Å². The molecular weight excluding hydrogens is 463 g/mol. The summed E-state index contributed by atoms with van der Waals surface area (Å²) in [7, 11) is 0. The molecule has 0 radical (unpaired) electrons. The Morgan fingerprint density at radius 1 is 0.939 bits per heavy atom. The quantitative estimate of drug-likeness (QED) is 0.120. The van der Waals surface area contributed by atoms with Gasteiger partial charge < -0.3 is 9.47 Å². The van der Waals surface area contributed by atoms with E-state index in [1.54, 1.807) is 30.3 Å². The van der Waals surface area contributed by atoms with Crippen molar-refractivity contribution in [2.45, 2.75) is 17.7 Å². The van der Waals surface area contributed by atoms with Gasteiger partial charge in [-0.05, 0) is 78.7 Å². The zero-order valence-electron chi connectivity index (χ0n) is 17.8. The molecule has 0 aliphatic rings. The van der Waals surface area contributed by atoms with Crippen LogP contribution in [0.2, 0.25) is 0 Å². The Hall–Kier alpha value is -3.10. The number of carbonyl (C=O) groups is 3. The van der Waals surface area contributed by atoms with Gasteiger partial charge in [0.05, 0.1) is 6.61 Å². The third-order valence-electron chi connectivity index (χ3n) is 3.98. The highest BCUT2D eigenvalue weighted by molar-refractivity contribution is 8.14. The summed E-state index contributed by atoms with van der Waals surface area (Å²) < 4.78 is 23.1. The standard InChI is InChI=1S/C25H23FO5S2/c1-3-23(27)32-17-5-4-16-30-20-11-13-22(14-12-20)33-24(28)15-8-19-6-9-21(10-7-19)31-25(29)18(2)26/h3,6-15H,1-2,4-5,16-17H2/b15-8+. The predicted molar refractivity (Wildman–Crippen MR) is 131 cm³/mol. The van der Waals surface area contributed by atoms with Crippen LogP contribution in [0.4, 0.5) is 4.39 Å². The molecule has 0 saturated heterocycles. The maximum absolute atomic E-state index is 12.7. The molecule has 0 bridgehead atoms. The normalized spacial score (nSPS) is 10.6. The summed E-state index contributed by atoms with van der Waals surface area (Å²) in [6, 6.07) is 13.5. The third kappa shape index (κ3) is 10.4. The second kappa shape index (κ2) is 14.1. The van der Waals surface area contributed by atoms with Gasteiger partial charge in [0, 0.05) is 10.6 Å². The molecule has 0 fully saturated rings. The molecule has 172 valence electrons. The summed E-state index contributed by atoms with van der Waals surface area (Å²) in [5, 5.41) is -0.171. The summed E-state index contributed by atoms with van der Waals surface area (Å²) in [5.41, 5.74) is 0.721. The van der Waals surface area contributed by atoms with Gasteiger partial charge in [0.2, 0.25) is 16.1 Å². The summed E-state index contributed by atoms with van der Waals surface area (Å²) >= 11 is 2.33. The van der Waals surface area contributed by atoms with E-state index in [9.17, 15) is 18.8 Å². The molecule has 5 nitrogen and oxygen atoms in total. The minimum atomic E-state index is -1.17. The van der Waals surface area contributed by atoms with E-state index in [1.807, 2.05) is 12.1 Å². The predicted octanol–water partition coefficient (Wildman–Crippen LogP) is 6.01. The second-order valence-corrected chi connectivity index (χ2v) is 8.69. The van der Waals surface area contributed by atoms with Crippen LogP contribution in [0.25, 0.3) is 6.08 Å². The number of thioether (sulfide) groups is 2. The molecule has 2 aromatic rings. The van der Waals surface area contributed by atoms with Crippen molar-refractivity contribution in [1.29, 1.82) is 0 Å². The Morgan fingerprint density at radius 3 is 2.24 bits per heavy atom. The second-order valence-electron chi connectivity index (χ2n) is 6.52. The minimum absolute atomic E-state index is 0.0179. The average molecular weight is 487 g/mol. The van der Waals surface area contributed by atoms with Crippen LogP contribution < -0.4 is 9.47 Å². The summed E-state index contributed by atoms with van der Waals surface area (Å²) in [5.74, 6) is -0.673. The number of ether oxygens (including phenoxy) is 2. The van der Waals surface area contributed by atoms with E-state index in [0.29, 0.717) is 12.4 Å². The Labute approximate surface area is 200 Å². The van der Waals surface area contributed by atoms with Gasteiger partial charge in [0.1, 0.15) is 11.5 Å². The number of benzene rings is 2. The van der Waals surface area contributed by atoms with Crippen molar-refractivity contribution >= 4 is 45.8 Å². The van der Waals surface area contributed by atoms with Gasteiger partial charge in [-0.25, -0.2) is 4.79 Å². The first-order chi connectivity index (χ1) is 15.9. The van der Waals surface area contributed by atoms with E-state index in [-0.39, 0.29) is 16.0 Å². The molecule has 0 aromatic heterocycles. The van der Waals surface area contributed by atoms with Gasteiger partial charge in [-0.15, -0.1) is 0 Å². The van der Waals surface area contributed by atoms with Crippen LogP contribution in [0.1, 0.15) is 18.4 Å². The highest BCUT2D eigenvalue weighted by Gasteiger charge is 2.08. The molecule has 2 rings (SSSR count). The van der Waals surface area contributed by atoms with Crippen molar-refractivity contribution in [1.82, 2.24) is 0 Å². The number of rotatable bonds is 12. The van der Waals surface area contributed by atoms with Crippen molar-refractivity contribution in [2.75, 3.05) is 12.4 Å². The SMILES string of the molecule is C=CC(=O)SCCCCOc1ccc(SC(=O)/C=C/c2ccc(OC(=O)C(=C)F)cc2)cc1. The van der Waals surface area contributed by atoms with E-state index in [0.717, 1.165) is 40.8 Å². The van der Waals surface area contributed by atoms with Crippen LogP contribution in [0.3, 0.4) is 0 Å². The lowest BCUT2D eigenvalue weighted by molar-refractivity contribution is -0.131. The maximum atomic E-state index is 12.7. The molecule has 0 unspecified atom stereocenters.